The number of rotatable bonds is 3. The molecule has 0 spiro atoms. The van der Waals surface area contributed by atoms with Crippen LogP contribution in [0.4, 0.5) is 0 Å². The van der Waals surface area contributed by atoms with E-state index in [4.69, 9.17) is 16.9 Å². The van der Waals surface area contributed by atoms with Gasteiger partial charge in [0.1, 0.15) is 4.90 Å². The van der Waals surface area contributed by atoms with Gasteiger partial charge in [0.2, 0.25) is 10.0 Å². The summed E-state index contributed by atoms with van der Waals surface area (Å²) in [5, 5.41) is 8.97. The number of nitrogens with zero attached hydrogens (tertiary/aromatic N) is 3. The molecule has 0 N–H and O–H groups in total. The first kappa shape index (κ1) is 18.6. The molecular weight excluding hydrogens is 370 g/mol. The van der Waals surface area contributed by atoms with Crippen molar-refractivity contribution in [2.24, 2.45) is 0 Å². The molecular formula is C19H18ClN3O2S. The molecule has 7 heteroatoms. The Hall–Kier alpha value is -2.20. The standard InChI is InChI=1S/C19H18ClN3O2S/c1-14-3-2-4-17(22-14)11-15-7-9-23(10-8-15)26(24,25)19-6-5-16(13-21)12-18(19)20/h2-6,11-12H,7-10H2,1H3. The molecule has 5 nitrogen and oxygen atoms in total. The van der Waals surface area contributed by atoms with E-state index in [0.717, 1.165) is 11.4 Å². The van der Waals surface area contributed by atoms with E-state index >= 15 is 0 Å². The Balaban J connectivity index is 1.76. The zero-order chi connectivity index (χ0) is 18.7. The summed E-state index contributed by atoms with van der Waals surface area (Å²) in [4.78, 5) is 4.51. The first-order chi connectivity index (χ1) is 12.4. The van der Waals surface area contributed by atoms with Crippen molar-refractivity contribution in [3.8, 4) is 6.07 Å². The summed E-state index contributed by atoms with van der Waals surface area (Å²) in [6.45, 7) is 2.74. The van der Waals surface area contributed by atoms with Crippen molar-refractivity contribution >= 4 is 27.7 Å². The molecule has 26 heavy (non-hydrogen) atoms. The maximum Gasteiger partial charge on any atom is 0.244 e. The molecule has 0 amide bonds. The van der Waals surface area contributed by atoms with Gasteiger partial charge in [0, 0.05) is 18.8 Å². The van der Waals surface area contributed by atoms with Crippen molar-refractivity contribution in [1.82, 2.24) is 9.29 Å². The second-order valence-electron chi connectivity index (χ2n) is 6.17. The zero-order valence-corrected chi connectivity index (χ0v) is 15.9. The van der Waals surface area contributed by atoms with Crippen molar-refractivity contribution in [3.05, 3.63) is 63.9 Å². The lowest BCUT2D eigenvalue weighted by Crippen LogP contribution is -2.36. The summed E-state index contributed by atoms with van der Waals surface area (Å²) in [6, 6.07) is 12.1. The third kappa shape index (κ3) is 3.96. The second kappa shape index (κ2) is 7.58. The van der Waals surface area contributed by atoms with Crippen molar-refractivity contribution in [3.63, 3.8) is 0 Å². The quantitative estimate of drug-likeness (QED) is 0.803. The van der Waals surface area contributed by atoms with Gasteiger partial charge >= 0.3 is 0 Å². The molecule has 2 heterocycles. The third-order valence-electron chi connectivity index (χ3n) is 4.31. The second-order valence-corrected chi connectivity index (χ2v) is 8.48. The van der Waals surface area contributed by atoms with Crippen LogP contribution in [-0.2, 0) is 10.0 Å². The lowest BCUT2D eigenvalue weighted by molar-refractivity contribution is 0.388. The fraction of sp³-hybridized carbons (Fsp3) is 0.263. The lowest BCUT2D eigenvalue weighted by Gasteiger charge is -2.28. The van der Waals surface area contributed by atoms with Crippen molar-refractivity contribution in [2.45, 2.75) is 24.7 Å². The number of benzene rings is 1. The van der Waals surface area contributed by atoms with Gasteiger partial charge in [-0.1, -0.05) is 23.2 Å². The Labute approximate surface area is 158 Å². The highest BCUT2D eigenvalue weighted by Gasteiger charge is 2.29. The van der Waals surface area contributed by atoms with Crippen LogP contribution >= 0.6 is 11.6 Å². The van der Waals surface area contributed by atoms with Crippen LogP contribution in [0.3, 0.4) is 0 Å². The number of piperidine rings is 1. The van der Waals surface area contributed by atoms with E-state index in [1.54, 1.807) is 0 Å². The van der Waals surface area contributed by atoms with Gasteiger partial charge in [0.15, 0.2) is 0 Å². The Morgan fingerprint density at radius 1 is 1.23 bits per heavy atom. The minimum atomic E-state index is -3.67. The van der Waals surface area contributed by atoms with Gasteiger partial charge in [0.05, 0.1) is 22.3 Å². The number of nitriles is 1. The van der Waals surface area contributed by atoms with E-state index < -0.39 is 10.0 Å². The third-order valence-corrected chi connectivity index (χ3v) is 6.69. The predicted octanol–water partition coefficient (Wildman–Crippen LogP) is 3.78. The van der Waals surface area contributed by atoms with Crippen LogP contribution < -0.4 is 0 Å². The average molecular weight is 388 g/mol. The van der Waals surface area contributed by atoms with Gasteiger partial charge in [-0.3, -0.25) is 4.98 Å². The number of sulfonamides is 1. The van der Waals surface area contributed by atoms with Crippen LogP contribution in [0.2, 0.25) is 5.02 Å². The summed E-state index contributed by atoms with van der Waals surface area (Å²) in [5.74, 6) is 0. The number of hydrogen-bond acceptors (Lipinski definition) is 4. The van der Waals surface area contributed by atoms with Crippen LogP contribution in [-0.4, -0.2) is 30.8 Å². The SMILES string of the molecule is Cc1cccc(C=C2CCN(S(=O)(=O)c3ccc(C#N)cc3Cl)CC2)n1. The van der Waals surface area contributed by atoms with Crippen LogP contribution in [0.25, 0.3) is 6.08 Å². The molecule has 2 aromatic rings. The fourth-order valence-corrected chi connectivity index (χ4v) is 4.89. The van der Waals surface area contributed by atoms with Gasteiger partial charge in [0.25, 0.3) is 0 Å². The largest absolute Gasteiger partial charge is 0.254 e. The topological polar surface area (TPSA) is 74.1 Å². The molecule has 1 aliphatic rings. The average Bonchev–Trinajstić information content (AvgIpc) is 2.62. The number of hydrogen-bond donors (Lipinski definition) is 0. The molecule has 1 aliphatic heterocycles. The molecule has 0 radical (unpaired) electrons. The summed E-state index contributed by atoms with van der Waals surface area (Å²) in [6.07, 6.45) is 3.34. The molecule has 0 saturated carbocycles. The van der Waals surface area contributed by atoms with E-state index in [1.807, 2.05) is 37.3 Å². The highest BCUT2D eigenvalue weighted by molar-refractivity contribution is 7.89. The Morgan fingerprint density at radius 3 is 2.58 bits per heavy atom. The predicted molar refractivity (Wildman–Crippen MR) is 101 cm³/mol. The lowest BCUT2D eigenvalue weighted by atomic mass is 10.0. The number of halogens is 1. The number of aryl methyl sites for hydroxylation is 1. The summed E-state index contributed by atoms with van der Waals surface area (Å²) in [5.41, 5.74) is 3.37. The summed E-state index contributed by atoms with van der Waals surface area (Å²) in [7, 11) is -3.67. The minimum Gasteiger partial charge on any atom is -0.254 e. The Morgan fingerprint density at radius 2 is 1.96 bits per heavy atom. The van der Waals surface area contributed by atoms with E-state index in [0.29, 0.717) is 31.5 Å². The van der Waals surface area contributed by atoms with Gasteiger partial charge in [-0.05, 0) is 56.2 Å². The molecule has 0 aliphatic carbocycles. The summed E-state index contributed by atoms with van der Waals surface area (Å²) < 4.78 is 27.1. The first-order valence-electron chi connectivity index (χ1n) is 8.23. The van der Waals surface area contributed by atoms with Crippen LogP contribution in [0.5, 0.6) is 0 Å². The highest BCUT2D eigenvalue weighted by Crippen LogP contribution is 2.29. The van der Waals surface area contributed by atoms with Gasteiger partial charge in [-0.15, -0.1) is 0 Å². The Bertz CT molecular complexity index is 1000. The molecule has 1 saturated heterocycles. The minimum absolute atomic E-state index is 0.0472. The number of pyridine rings is 1. The van der Waals surface area contributed by atoms with Gasteiger partial charge in [-0.2, -0.15) is 9.57 Å². The highest BCUT2D eigenvalue weighted by atomic mass is 35.5. The van der Waals surface area contributed by atoms with Crippen molar-refractivity contribution in [1.29, 1.82) is 5.26 Å². The van der Waals surface area contributed by atoms with Crippen molar-refractivity contribution in [2.75, 3.05) is 13.1 Å². The van der Waals surface area contributed by atoms with Crippen LogP contribution in [0.15, 0.2) is 46.9 Å². The van der Waals surface area contributed by atoms with E-state index in [-0.39, 0.29) is 9.92 Å². The molecule has 3 rings (SSSR count). The maximum atomic E-state index is 12.8. The van der Waals surface area contributed by atoms with Crippen molar-refractivity contribution < 1.29 is 8.42 Å². The monoisotopic (exact) mass is 387 g/mol. The molecule has 0 bridgehead atoms. The zero-order valence-electron chi connectivity index (χ0n) is 14.3. The van der Waals surface area contributed by atoms with E-state index in [1.165, 1.54) is 28.1 Å². The molecule has 1 aromatic heterocycles. The summed E-state index contributed by atoms with van der Waals surface area (Å²) >= 11 is 6.09. The Kier molecular flexibility index (Phi) is 5.42. The maximum absolute atomic E-state index is 12.8. The number of aromatic nitrogens is 1. The van der Waals surface area contributed by atoms with Crippen LogP contribution in [0.1, 0.15) is 29.8 Å². The van der Waals surface area contributed by atoms with Gasteiger partial charge in [-0.25, -0.2) is 8.42 Å². The van der Waals surface area contributed by atoms with E-state index in [9.17, 15) is 8.42 Å². The van der Waals surface area contributed by atoms with E-state index in [2.05, 4.69) is 4.98 Å². The molecule has 0 atom stereocenters. The molecule has 134 valence electrons. The molecule has 0 unspecified atom stereocenters. The first-order valence-corrected chi connectivity index (χ1v) is 10.0. The van der Waals surface area contributed by atoms with Gasteiger partial charge < -0.3 is 0 Å². The van der Waals surface area contributed by atoms with Crippen LogP contribution in [0, 0.1) is 18.3 Å². The fourth-order valence-electron chi connectivity index (χ4n) is 2.93. The molecule has 1 aromatic carbocycles. The molecule has 1 fully saturated rings. The normalized spacial score (nSPS) is 15.5. The smallest absolute Gasteiger partial charge is 0.244 e.